The molecule has 96 valence electrons. The van der Waals surface area contributed by atoms with Gasteiger partial charge in [-0.25, -0.2) is 5.84 Å². The second-order valence-electron chi connectivity index (χ2n) is 3.54. The second kappa shape index (κ2) is 5.61. The van der Waals surface area contributed by atoms with E-state index in [1.165, 1.54) is 12.7 Å². The lowest BCUT2D eigenvalue weighted by atomic mass is 10.2. The Bertz CT molecular complexity index is 481. The zero-order valence-corrected chi connectivity index (χ0v) is 10.9. The van der Waals surface area contributed by atoms with Crippen LogP contribution in [0.4, 0.5) is 11.9 Å². The van der Waals surface area contributed by atoms with E-state index >= 15 is 0 Å². The van der Waals surface area contributed by atoms with Gasteiger partial charge in [0.25, 0.3) is 0 Å². The van der Waals surface area contributed by atoms with E-state index in [0.29, 0.717) is 5.95 Å². The maximum Gasteiger partial charge on any atom is 0.322 e. The molecule has 0 saturated heterocycles. The van der Waals surface area contributed by atoms with Crippen LogP contribution in [0, 0.1) is 0 Å². The number of methoxy groups -OCH3 is 1. The van der Waals surface area contributed by atoms with Gasteiger partial charge in [-0.05, 0) is 29.3 Å². The van der Waals surface area contributed by atoms with Crippen LogP contribution in [0.2, 0.25) is 0 Å². The number of nitrogens with two attached hydrogens (primary N) is 1. The van der Waals surface area contributed by atoms with Gasteiger partial charge in [-0.2, -0.15) is 26.3 Å². The van der Waals surface area contributed by atoms with Crippen LogP contribution < -0.4 is 21.3 Å². The van der Waals surface area contributed by atoms with Crippen molar-refractivity contribution >= 4 is 23.2 Å². The van der Waals surface area contributed by atoms with Gasteiger partial charge in [0.1, 0.15) is 0 Å². The Hall–Kier alpha value is -1.93. The molecule has 2 aromatic heterocycles. The van der Waals surface area contributed by atoms with Gasteiger partial charge in [0.05, 0.1) is 13.2 Å². The monoisotopic (exact) mass is 266 g/mol. The third-order valence-corrected chi connectivity index (χ3v) is 3.02. The Labute approximate surface area is 108 Å². The third kappa shape index (κ3) is 2.84. The second-order valence-corrected chi connectivity index (χ2v) is 4.32. The lowest BCUT2D eigenvalue weighted by Crippen LogP contribution is -2.15. The van der Waals surface area contributed by atoms with Gasteiger partial charge in [-0.15, -0.1) is 0 Å². The quantitative estimate of drug-likeness (QED) is 0.555. The molecule has 0 amide bonds. The minimum Gasteiger partial charge on any atom is -0.467 e. The molecule has 18 heavy (non-hydrogen) atoms. The van der Waals surface area contributed by atoms with Crippen molar-refractivity contribution in [2.45, 2.75) is 13.0 Å². The fourth-order valence-electron chi connectivity index (χ4n) is 1.38. The molecule has 0 aromatic carbocycles. The van der Waals surface area contributed by atoms with Crippen LogP contribution in [0.3, 0.4) is 0 Å². The average Bonchev–Trinajstić information content (AvgIpc) is 2.92. The molecule has 2 heterocycles. The highest BCUT2D eigenvalue weighted by molar-refractivity contribution is 7.07. The summed E-state index contributed by atoms with van der Waals surface area (Å²) < 4.78 is 4.97. The molecule has 0 saturated carbocycles. The summed E-state index contributed by atoms with van der Waals surface area (Å²) in [7, 11) is 1.49. The molecule has 0 aliphatic heterocycles. The zero-order valence-electron chi connectivity index (χ0n) is 10.0. The Morgan fingerprint density at radius 3 is 2.72 bits per heavy atom. The van der Waals surface area contributed by atoms with Crippen molar-refractivity contribution in [1.82, 2.24) is 15.0 Å². The first-order valence-electron chi connectivity index (χ1n) is 5.28. The van der Waals surface area contributed by atoms with Crippen molar-refractivity contribution in [1.29, 1.82) is 0 Å². The number of nitrogens with zero attached hydrogens (tertiary/aromatic N) is 3. The number of ether oxygens (including phenoxy) is 1. The predicted molar refractivity (Wildman–Crippen MR) is 70.5 cm³/mol. The van der Waals surface area contributed by atoms with Crippen molar-refractivity contribution in [3.8, 4) is 6.01 Å². The molecule has 0 aliphatic carbocycles. The minimum atomic E-state index is 0.0916. The molecule has 1 unspecified atom stereocenters. The standard InChI is InChI=1S/C10H14N6OS/c1-6(7-3-4-18-5-7)12-8-13-9(16-11)15-10(14-8)17-2/h3-6H,11H2,1-2H3,(H2,12,13,14,15,16). The Morgan fingerprint density at radius 1 is 1.33 bits per heavy atom. The van der Waals surface area contributed by atoms with Gasteiger partial charge in [-0.3, -0.25) is 5.43 Å². The first kappa shape index (κ1) is 12.5. The summed E-state index contributed by atoms with van der Waals surface area (Å²) in [4.78, 5) is 12.1. The first-order chi connectivity index (χ1) is 8.72. The molecule has 7 nitrogen and oxygen atoms in total. The van der Waals surface area contributed by atoms with Crippen LogP contribution in [0.15, 0.2) is 16.8 Å². The van der Waals surface area contributed by atoms with Crippen LogP contribution >= 0.6 is 11.3 Å². The summed E-state index contributed by atoms with van der Waals surface area (Å²) in [6, 6.07) is 2.34. The number of hydrogen-bond acceptors (Lipinski definition) is 8. The maximum absolute atomic E-state index is 5.28. The van der Waals surface area contributed by atoms with Gasteiger partial charge in [0, 0.05) is 0 Å². The summed E-state index contributed by atoms with van der Waals surface area (Å²) in [5, 5.41) is 7.25. The Kier molecular flexibility index (Phi) is 3.90. The number of nitrogens with one attached hydrogen (secondary N) is 2. The summed E-state index contributed by atoms with van der Waals surface area (Å²) in [5.74, 6) is 5.95. The van der Waals surface area contributed by atoms with Crippen molar-refractivity contribution in [2.24, 2.45) is 5.84 Å². The van der Waals surface area contributed by atoms with E-state index in [4.69, 9.17) is 10.6 Å². The minimum absolute atomic E-state index is 0.0916. The average molecular weight is 266 g/mol. The van der Waals surface area contributed by atoms with Crippen molar-refractivity contribution in [2.75, 3.05) is 17.9 Å². The lowest BCUT2D eigenvalue weighted by Gasteiger charge is -2.13. The highest BCUT2D eigenvalue weighted by atomic mass is 32.1. The highest BCUT2D eigenvalue weighted by Gasteiger charge is 2.10. The summed E-state index contributed by atoms with van der Waals surface area (Å²) in [5.41, 5.74) is 3.54. The maximum atomic E-state index is 5.28. The normalized spacial score (nSPS) is 11.9. The molecular weight excluding hydrogens is 252 g/mol. The van der Waals surface area contributed by atoms with Gasteiger partial charge in [0.15, 0.2) is 0 Å². The van der Waals surface area contributed by atoms with E-state index in [9.17, 15) is 0 Å². The molecule has 0 spiro atoms. The van der Waals surface area contributed by atoms with Gasteiger partial charge >= 0.3 is 6.01 Å². The Balaban J connectivity index is 2.17. The fraction of sp³-hybridized carbons (Fsp3) is 0.300. The van der Waals surface area contributed by atoms with Crippen molar-refractivity contribution in [3.05, 3.63) is 22.4 Å². The first-order valence-corrected chi connectivity index (χ1v) is 6.22. The van der Waals surface area contributed by atoms with E-state index in [1.807, 2.05) is 18.4 Å². The number of nitrogen functional groups attached to an aromatic ring is 1. The van der Waals surface area contributed by atoms with E-state index in [1.54, 1.807) is 11.3 Å². The number of hydrogen-bond donors (Lipinski definition) is 3. The molecular formula is C10H14N6OS. The number of aromatic nitrogens is 3. The topological polar surface area (TPSA) is 98.0 Å². The number of rotatable bonds is 5. The molecule has 0 aliphatic rings. The molecule has 0 bridgehead atoms. The van der Waals surface area contributed by atoms with Gasteiger partial charge < -0.3 is 10.1 Å². The van der Waals surface area contributed by atoms with Gasteiger partial charge in [0.2, 0.25) is 11.9 Å². The fourth-order valence-corrected chi connectivity index (χ4v) is 2.13. The SMILES string of the molecule is COc1nc(NN)nc(NC(C)c2ccsc2)n1. The molecule has 2 aromatic rings. The molecule has 2 rings (SSSR count). The predicted octanol–water partition coefficient (Wildman–Crippen LogP) is 1.40. The Morgan fingerprint density at radius 2 is 2.11 bits per heavy atom. The number of anilines is 2. The van der Waals surface area contributed by atoms with E-state index in [0.717, 1.165) is 0 Å². The molecule has 0 fully saturated rings. The summed E-state index contributed by atoms with van der Waals surface area (Å²) >= 11 is 1.64. The smallest absolute Gasteiger partial charge is 0.322 e. The summed E-state index contributed by atoms with van der Waals surface area (Å²) in [6.07, 6.45) is 0. The highest BCUT2D eigenvalue weighted by Crippen LogP contribution is 2.20. The van der Waals surface area contributed by atoms with Crippen molar-refractivity contribution in [3.63, 3.8) is 0 Å². The molecule has 1 atom stereocenters. The van der Waals surface area contributed by atoms with Crippen LogP contribution in [0.1, 0.15) is 18.5 Å². The summed E-state index contributed by atoms with van der Waals surface area (Å²) in [6.45, 7) is 2.02. The number of hydrazine groups is 1. The largest absolute Gasteiger partial charge is 0.467 e. The molecule has 0 radical (unpaired) electrons. The lowest BCUT2D eigenvalue weighted by molar-refractivity contribution is 0.379. The van der Waals surface area contributed by atoms with E-state index in [2.05, 4.69) is 31.1 Å². The van der Waals surface area contributed by atoms with Gasteiger partial charge in [-0.1, -0.05) is 0 Å². The van der Waals surface area contributed by atoms with Crippen LogP contribution in [0.25, 0.3) is 0 Å². The van der Waals surface area contributed by atoms with Crippen LogP contribution in [-0.4, -0.2) is 22.1 Å². The number of thiophene rings is 1. The molecule has 4 N–H and O–H groups in total. The van der Waals surface area contributed by atoms with Crippen LogP contribution in [0.5, 0.6) is 6.01 Å². The molecule has 8 heteroatoms. The van der Waals surface area contributed by atoms with E-state index < -0.39 is 0 Å². The van der Waals surface area contributed by atoms with E-state index in [-0.39, 0.29) is 18.0 Å². The zero-order chi connectivity index (χ0) is 13.0. The third-order valence-electron chi connectivity index (χ3n) is 2.32. The van der Waals surface area contributed by atoms with Crippen LogP contribution in [-0.2, 0) is 0 Å². The van der Waals surface area contributed by atoms with Crippen molar-refractivity contribution < 1.29 is 4.74 Å².